The Bertz CT molecular complexity index is 790. The molecule has 0 saturated carbocycles. The van der Waals surface area contributed by atoms with Crippen molar-refractivity contribution in [1.82, 2.24) is 4.90 Å². The lowest BCUT2D eigenvalue weighted by Gasteiger charge is -2.17. The molecule has 2 aromatic carbocycles. The predicted molar refractivity (Wildman–Crippen MR) is 137 cm³/mol. The Morgan fingerprint density at radius 2 is 1.62 bits per heavy atom. The summed E-state index contributed by atoms with van der Waals surface area (Å²) in [4.78, 5) is 6.83. The number of ether oxygens (including phenoxy) is 3. The van der Waals surface area contributed by atoms with Crippen molar-refractivity contribution in [2.45, 2.75) is 20.3 Å². The lowest BCUT2D eigenvalue weighted by atomic mass is 10.2. The fourth-order valence-corrected chi connectivity index (χ4v) is 3.66. The van der Waals surface area contributed by atoms with E-state index < -0.39 is 0 Å². The van der Waals surface area contributed by atoms with Crippen molar-refractivity contribution in [2.75, 3.05) is 51.5 Å². The fourth-order valence-electron chi connectivity index (χ4n) is 2.94. The minimum absolute atomic E-state index is 0.658. The van der Waals surface area contributed by atoms with Crippen molar-refractivity contribution >= 4 is 23.7 Å². The van der Waals surface area contributed by atoms with Crippen LogP contribution in [-0.2, 0) is 4.74 Å². The van der Waals surface area contributed by atoms with Gasteiger partial charge in [-0.05, 0) is 55.4 Å². The summed E-state index contributed by atoms with van der Waals surface area (Å²) >= 11 is 1.73. The molecule has 0 fully saturated rings. The SMILES string of the molecule is CCN(CC)CCCOc1ccc(/C=C/N=C(CSCCOc2ccccc2)OC)cc1. The van der Waals surface area contributed by atoms with E-state index in [9.17, 15) is 0 Å². The Morgan fingerprint density at radius 3 is 2.31 bits per heavy atom. The van der Waals surface area contributed by atoms with Crippen molar-refractivity contribution in [3.05, 3.63) is 66.4 Å². The van der Waals surface area contributed by atoms with Gasteiger partial charge in [0.05, 0.1) is 26.1 Å². The Kier molecular flexibility index (Phi) is 13.1. The van der Waals surface area contributed by atoms with Crippen molar-refractivity contribution in [1.29, 1.82) is 0 Å². The molecule has 0 bridgehead atoms. The van der Waals surface area contributed by atoms with E-state index in [1.165, 1.54) is 0 Å². The lowest BCUT2D eigenvalue weighted by Crippen LogP contribution is -2.25. The van der Waals surface area contributed by atoms with Crippen molar-refractivity contribution < 1.29 is 14.2 Å². The second-order valence-corrected chi connectivity index (χ2v) is 8.16. The highest BCUT2D eigenvalue weighted by Crippen LogP contribution is 2.14. The average molecular weight is 457 g/mol. The van der Waals surface area contributed by atoms with Gasteiger partial charge in [0.2, 0.25) is 0 Å². The van der Waals surface area contributed by atoms with Crippen LogP contribution in [0.5, 0.6) is 11.5 Å². The summed E-state index contributed by atoms with van der Waals surface area (Å²) < 4.78 is 16.9. The number of hydrogen-bond donors (Lipinski definition) is 0. The summed E-state index contributed by atoms with van der Waals surface area (Å²) in [5.41, 5.74) is 1.07. The van der Waals surface area contributed by atoms with E-state index >= 15 is 0 Å². The predicted octanol–water partition coefficient (Wildman–Crippen LogP) is 5.63. The first kappa shape index (κ1) is 25.8. The number of hydrogen-bond acceptors (Lipinski definition) is 6. The standard InChI is InChI=1S/C26H36N2O3S/c1-4-28(5-2)18-9-19-30-25-14-12-23(13-15-25)16-17-27-26(29-3)22-32-21-20-31-24-10-7-6-8-11-24/h6-8,10-17H,4-5,9,18-22H2,1-3H3/b17-16+,27-26?. The van der Waals surface area contributed by atoms with Gasteiger partial charge < -0.3 is 19.1 Å². The van der Waals surface area contributed by atoms with Crippen LogP contribution in [0.25, 0.3) is 6.08 Å². The molecule has 5 nitrogen and oxygen atoms in total. The highest BCUT2D eigenvalue weighted by atomic mass is 32.2. The van der Waals surface area contributed by atoms with Gasteiger partial charge in [-0.2, -0.15) is 0 Å². The summed E-state index contributed by atoms with van der Waals surface area (Å²) in [6.45, 7) is 9.03. The third-order valence-corrected chi connectivity index (χ3v) is 5.75. The van der Waals surface area contributed by atoms with E-state index in [0.717, 1.165) is 55.5 Å². The van der Waals surface area contributed by atoms with Gasteiger partial charge in [0, 0.05) is 18.5 Å². The van der Waals surface area contributed by atoms with Crippen LogP contribution in [0.15, 0.2) is 65.8 Å². The van der Waals surface area contributed by atoms with E-state index in [-0.39, 0.29) is 0 Å². The Hall–Kier alpha value is -2.44. The number of rotatable bonds is 15. The maximum absolute atomic E-state index is 5.84. The number of thioether (sulfide) groups is 1. The number of aliphatic imine (C=N–C) groups is 1. The minimum Gasteiger partial charge on any atom is -0.494 e. The lowest BCUT2D eigenvalue weighted by molar-refractivity contribution is 0.249. The Labute approximate surface area is 197 Å². The maximum atomic E-state index is 5.84. The maximum Gasteiger partial charge on any atom is 0.197 e. The molecular weight excluding hydrogens is 420 g/mol. The van der Waals surface area contributed by atoms with Crippen LogP contribution in [0.3, 0.4) is 0 Å². The molecule has 2 aromatic rings. The summed E-state index contributed by atoms with van der Waals surface area (Å²) in [5, 5.41) is 0. The number of para-hydroxylation sites is 1. The molecule has 0 saturated heterocycles. The van der Waals surface area contributed by atoms with Crippen LogP contribution in [0.4, 0.5) is 0 Å². The van der Waals surface area contributed by atoms with E-state index in [0.29, 0.717) is 18.3 Å². The zero-order valence-electron chi connectivity index (χ0n) is 19.5. The van der Waals surface area contributed by atoms with Gasteiger partial charge in [-0.25, -0.2) is 4.99 Å². The average Bonchev–Trinajstić information content (AvgIpc) is 2.84. The molecule has 0 heterocycles. The molecule has 0 N–H and O–H groups in total. The summed E-state index contributed by atoms with van der Waals surface area (Å²) in [6.07, 6.45) is 4.78. The molecule has 0 unspecified atom stereocenters. The van der Waals surface area contributed by atoms with Crippen LogP contribution in [-0.4, -0.2) is 62.3 Å². The monoisotopic (exact) mass is 456 g/mol. The molecule has 0 atom stereocenters. The molecule has 0 aromatic heterocycles. The first-order chi connectivity index (χ1) is 15.7. The third kappa shape index (κ3) is 10.7. The van der Waals surface area contributed by atoms with Crippen LogP contribution >= 0.6 is 11.8 Å². The summed E-state index contributed by atoms with van der Waals surface area (Å²) in [5.74, 6) is 4.07. The molecule has 0 aliphatic carbocycles. The Balaban J connectivity index is 1.66. The topological polar surface area (TPSA) is 43.3 Å². The quantitative estimate of drug-likeness (QED) is 0.198. The fraction of sp³-hybridized carbons (Fsp3) is 0.423. The second-order valence-electron chi connectivity index (χ2n) is 7.05. The largest absolute Gasteiger partial charge is 0.494 e. The molecule has 0 aliphatic rings. The van der Waals surface area contributed by atoms with Gasteiger partial charge in [-0.3, -0.25) is 0 Å². The normalized spacial score (nSPS) is 11.8. The third-order valence-electron chi connectivity index (χ3n) is 4.85. The van der Waals surface area contributed by atoms with Crippen LogP contribution in [0.2, 0.25) is 0 Å². The van der Waals surface area contributed by atoms with Gasteiger partial charge in [0.25, 0.3) is 0 Å². The first-order valence-electron chi connectivity index (χ1n) is 11.2. The molecule has 0 amide bonds. The van der Waals surface area contributed by atoms with E-state index in [1.807, 2.05) is 60.7 Å². The van der Waals surface area contributed by atoms with Gasteiger partial charge >= 0.3 is 0 Å². The van der Waals surface area contributed by atoms with Crippen molar-refractivity contribution in [3.63, 3.8) is 0 Å². The number of methoxy groups -OCH3 is 1. The first-order valence-corrected chi connectivity index (χ1v) is 12.4. The molecule has 2 rings (SSSR count). The number of benzene rings is 2. The molecule has 32 heavy (non-hydrogen) atoms. The van der Waals surface area contributed by atoms with E-state index in [4.69, 9.17) is 14.2 Å². The highest BCUT2D eigenvalue weighted by molar-refractivity contribution is 7.99. The zero-order chi connectivity index (χ0) is 22.9. The number of nitrogens with zero attached hydrogens (tertiary/aromatic N) is 2. The second kappa shape index (κ2) is 16.2. The molecule has 6 heteroatoms. The molecule has 0 radical (unpaired) electrons. The smallest absolute Gasteiger partial charge is 0.197 e. The Morgan fingerprint density at radius 1 is 0.938 bits per heavy atom. The van der Waals surface area contributed by atoms with Gasteiger partial charge in [-0.1, -0.05) is 44.2 Å². The van der Waals surface area contributed by atoms with Crippen LogP contribution < -0.4 is 9.47 Å². The van der Waals surface area contributed by atoms with Crippen molar-refractivity contribution in [2.24, 2.45) is 4.99 Å². The van der Waals surface area contributed by atoms with Crippen LogP contribution in [0.1, 0.15) is 25.8 Å². The van der Waals surface area contributed by atoms with Gasteiger partial charge in [0.1, 0.15) is 11.5 Å². The van der Waals surface area contributed by atoms with E-state index in [1.54, 1.807) is 25.1 Å². The summed E-state index contributed by atoms with van der Waals surface area (Å²) in [6, 6.07) is 17.9. The molecule has 0 spiro atoms. The minimum atomic E-state index is 0.658. The molecular formula is C26H36N2O3S. The molecule has 0 aliphatic heterocycles. The van der Waals surface area contributed by atoms with Gasteiger partial charge in [-0.15, -0.1) is 11.8 Å². The zero-order valence-corrected chi connectivity index (χ0v) is 20.4. The summed E-state index contributed by atoms with van der Waals surface area (Å²) in [7, 11) is 1.65. The van der Waals surface area contributed by atoms with Gasteiger partial charge in [0.15, 0.2) is 5.90 Å². The van der Waals surface area contributed by atoms with Crippen molar-refractivity contribution in [3.8, 4) is 11.5 Å². The highest BCUT2D eigenvalue weighted by Gasteiger charge is 2.00. The molecule has 174 valence electrons. The van der Waals surface area contributed by atoms with Crippen LogP contribution in [0, 0.1) is 0 Å². The van der Waals surface area contributed by atoms with E-state index in [2.05, 4.69) is 23.7 Å².